The highest BCUT2D eigenvalue weighted by Gasteiger charge is 2.11. The number of phenolic OH excluding ortho intramolecular Hbond substituents is 1. The summed E-state index contributed by atoms with van der Waals surface area (Å²) in [6, 6.07) is 2.45. The van der Waals surface area contributed by atoms with Crippen LogP contribution in [-0.2, 0) is 11.2 Å². The monoisotopic (exact) mass is 214 g/mol. The summed E-state index contributed by atoms with van der Waals surface area (Å²) in [6.07, 6.45) is 0.0645. The van der Waals surface area contributed by atoms with Crippen molar-refractivity contribution >= 4 is 5.97 Å². The smallest absolute Gasteiger partial charge is 0.303 e. The molecule has 0 aliphatic rings. The number of aliphatic carboxylic acids is 1. The second kappa shape index (κ2) is 4.63. The Hall–Kier alpha value is -1.78. The van der Waals surface area contributed by atoms with Crippen LogP contribution in [0.1, 0.15) is 12.0 Å². The van der Waals surface area contributed by atoms with Gasteiger partial charge in [-0.25, -0.2) is 4.39 Å². The summed E-state index contributed by atoms with van der Waals surface area (Å²) in [7, 11) is 1.25. The minimum absolute atomic E-state index is 0.106. The number of benzene rings is 1. The Morgan fingerprint density at radius 3 is 2.67 bits per heavy atom. The standard InChI is InChI=1S/C10H11FO4/c1-15-10-7(11)4-6(5-8(10)12)2-3-9(13)14/h4-5,12H,2-3H2,1H3,(H,13,14). The van der Waals surface area contributed by atoms with E-state index in [-0.39, 0.29) is 24.3 Å². The molecule has 15 heavy (non-hydrogen) atoms. The molecule has 0 fully saturated rings. The van der Waals surface area contributed by atoms with Crippen LogP contribution in [0.25, 0.3) is 0 Å². The van der Waals surface area contributed by atoms with E-state index in [0.717, 1.165) is 6.07 Å². The second-order valence-corrected chi connectivity index (χ2v) is 3.02. The van der Waals surface area contributed by atoms with Gasteiger partial charge in [0.25, 0.3) is 0 Å². The van der Waals surface area contributed by atoms with E-state index >= 15 is 0 Å². The van der Waals surface area contributed by atoms with Crippen LogP contribution in [0.5, 0.6) is 11.5 Å². The Labute approximate surface area is 85.9 Å². The second-order valence-electron chi connectivity index (χ2n) is 3.02. The van der Waals surface area contributed by atoms with Gasteiger partial charge in [0.05, 0.1) is 7.11 Å². The predicted molar refractivity (Wildman–Crippen MR) is 50.6 cm³/mol. The zero-order chi connectivity index (χ0) is 11.4. The van der Waals surface area contributed by atoms with Gasteiger partial charge in [-0.3, -0.25) is 4.79 Å². The van der Waals surface area contributed by atoms with Gasteiger partial charge in [0.2, 0.25) is 0 Å². The highest BCUT2D eigenvalue weighted by atomic mass is 19.1. The van der Waals surface area contributed by atoms with Gasteiger partial charge in [0.15, 0.2) is 17.3 Å². The SMILES string of the molecule is COc1c(O)cc(CCC(=O)O)cc1F. The topological polar surface area (TPSA) is 66.8 Å². The summed E-state index contributed by atoms with van der Waals surface area (Å²) in [5.41, 5.74) is 0.424. The van der Waals surface area contributed by atoms with E-state index in [1.807, 2.05) is 0 Å². The molecule has 0 saturated carbocycles. The molecule has 0 atom stereocenters. The molecule has 0 bridgehead atoms. The van der Waals surface area contributed by atoms with Crippen molar-refractivity contribution in [3.63, 3.8) is 0 Å². The van der Waals surface area contributed by atoms with E-state index in [4.69, 9.17) is 5.11 Å². The number of ether oxygens (including phenoxy) is 1. The molecule has 0 aliphatic carbocycles. The molecule has 0 radical (unpaired) electrons. The molecule has 0 spiro atoms. The van der Waals surface area contributed by atoms with Crippen LogP contribution in [-0.4, -0.2) is 23.3 Å². The Morgan fingerprint density at radius 1 is 1.53 bits per heavy atom. The molecule has 0 unspecified atom stereocenters. The van der Waals surface area contributed by atoms with Crippen LogP contribution in [0, 0.1) is 5.82 Å². The fraction of sp³-hybridized carbons (Fsp3) is 0.300. The molecular formula is C10H11FO4. The van der Waals surface area contributed by atoms with Crippen molar-refractivity contribution in [2.45, 2.75) is 12.8 Å². The highest BCUT2D eigenvalue weighted by Crippen LogP contribution is 2.30. The summed E-state index contributed by atoms with van der Waals surface area (Å²) >= 11 is 0. The number of hydrogen-bond acceptors (Lipinski definition) is 3. The molecule has 5 heteroatoms. The number of carbonyl (C=O) groups is 1. The Morgan fingerprint density at radius 2 is 2.20 bits per heavy atom. The normalized spacial score (nSPS) is 10.0. The van der Waals surface area contributed by atoms with E-state index in [1.165, 1.54) is 13.2 Å². The van der Waals surface area contributed by atoms with Crippen molar-refractivity contribution in [3.8, 4) is 11.5 Å². The quantitative estimate of drug-likeness (QED) is 0.798. The Kier molecular flexibility index (Phi) is 3.49. The van der Waals surface area contributed by atoms with Crippen LogP contribution >= 0.6 is 0 Å². The molecule has 0 heterocycles. The van der Waals surface area contributed by atoms with Crippen molar-refractivity contribution in [3.05, 3.63) is 23.5 Å². The number of aryl methyl sites for hydroxylation is 1. The molecule has 1 aromatic rings. The predicted octanol–water partition coefficient (Wildman–Crippen LogP) is 1.56. The average molecular weight is 214 g/mol. The first-order chi connectivity index (χ1) is 7.04. The zero-order valence-corrected chi connectivity index (χ0v) is 8.16. The summed E-state index contributed by atoms with van der Waals surface area (Å²) in [5, 5.41) is 17.8. The maximum atomic E-state index is 13.2. The average Bonchev–Trinajstić information content (AvgIpc) is 2.14. The molecular weight excluding hydrogens is 203 g/mol. The number of carboxylic acids is 1. The van der Waals surface area contributed by atoms with Crippen molar-refractivity contribution in [2.24, 2.45) is 0 Å². The van der Waals surface area contributed by atoms with Crippen LogP contribution < -0.4 is 4.74 Å². The molecule has 1 rings (SSSR count). The number of halogens is 1. The summed E-state index contributed by atoms with van der Waals surface area (Å²) in [4.78, 5) is 10.3. The number of methoxy groups -OCH3 is 1. The van der Waals surface area contributed by atoms with E-state index in [9.17, 15) is 14.3 Å². The lowest BCUT2D eigenvalue weighted by atomic mass is 10.1. The van der Waals surface area contributed by atoms with Gasteiger partial charge >= 0.3 is 5.97 Å². The molecule has 2 N–H and O–H groups in total. The number of phenols is 1. The molecule has 0 aromatic heterocycles. The Balaban J connectivity index is 2.88. The van der Waals surface area contributed by atoms with E-state index in [2.05, 4.69) is 4.74 Å². The molecule has 82 valence electrons. The van der Waals surface area contributed by atoms with Crippen molar-refractivity contribution < 1.29 is 24.1 Å². The summed E-state index contributed by atoms with van der Waals surface area (Å²) in [5.74, 6) is -2.21. The maximum absolute atomic E-state index is 13.2. The van der Waals surface area contributed by atoms with Crippen molar-refractivity contribution in [2.75, 3.05) is 7.11 Å². The summed E-state index contributed by atoms with van der Waals surface area (Å²) in [6.45, 7) is 0. The van der Waals surface area contributed by atoms with Crippen LogP contribution in [0.4, 0.5) is 4.39 Å². The molecule has 4 nitrogen and oxygen atoms in total. The van der Waals surface area contributed by atoms with Crippen molar-refractivity contribution in [1.82, 2.24) is 0 Å². The van der Waals surface area contributed by atoms with Gasteiger partial charge < -0.3 is 14.9 Å². The third-order valence-corrected chi connectivity index (χ3v) is 1.92. The molecule has 0 amide bonds. The fourth-order valence-corrected chi connectivity index (χ4v) is 1.23. The fourth-order valence-electron chi connectivity index (χ4n) is 1.23. The van der Waals surface area contributed by atoms with Gasteiger partial charge in [-0.2, -0.15) is 0 Å². The minimum atomic E-state index is -0.967. The van der Waals surface area contributed by atoms with E-state index in [1.54, 1.807) is 0 Å². The lowest BCUT2D eigenvalue weighted by molar-refractivity contribution is -0.136. The van der Waals surface area contributed by atoms with Crippen LogP contribution in [0.3, 0.4) is 0 Å². The van der Waals surface area contributed by atoms with E-state index < -0.39 is 11.8 Å². The molecule has 0 aliphatic heterocycles. The maximum Gasteiger partial charge on any atom is 0.303 e. The zero-order valence-electron chi connectivity index (χ0n) is 8.16. The number of aromatic hydroxyl groups is 1. The van der Waals surface area contributed by atoms with Crippen LogP contribution in [0.2, 0.25) is 0 Å². The molecule has 0 saturated heterocycles. The van der Waals surface area contributed by atoms with Gasteiger partial charge in [0.1, 0.15) is 0 Å². The third kappa shape index (κ3) is 2.83. The third-order valence-electron chi connectivity index (χ3n) is 1.92. The molecule has 1 aromatic carbocycles. The van der Waals surface area contributed by atoms with Crippen molar-refractivity contribution in [1.29, 1.82) is 0 Å². The Bertz CT molecular complexity index is 353. The van der Waals surface area contributed by atoms with Gasteiger partial charge in [-0.15, -0.1) is 0 Å². The van der Waals surface area contributed by atoms with E-state index in [0.29, 0.717) is 5.56 Å². The lowest BCUT2D eigenvalue weighted by Gasteiger charge is -2.06. The number of rotatable bonds is 4. The first-order valence-electron chi connectivity index (χ1n) is 4.31. The summed E-state index contributed by atoms with van der Waals surface area (Å²) < 4.78 is 17.8. The lowest BCUT2D eigenvalue weighted by Crippen LogP contribution is -1.98. The number of hydrogen-bond donors (Lipinski definition) is 2. The highest BCUT2D eigenvalue weighted by molar-refractivity contribution is 5.67. The first-order valence-corrected chi connectivity index (χ1v) is 4.31. The van der Waals surface area contributed by atoms with Crippen LogP contribution in [0.15, 0.2) is 12.1 Å². The number of carboxylic acid groups (broad SMARTS) is 1. The first kappa shape index (κ1) is 11.3. The van der Waals surface area contributed by atoms with Gasteiger partial charge in [0, 0.05) is 6.42 Å². The largest absolute Gasteiger partial charge is 0.504 e. The van der Waals surface area contributed by atoms with Gasteiger partial charge in [-0.1, -0.05) is 0 Å². The van der Waals surface area contributed by atoms with Gasteiger partial charge in [-0.05, 0) is 24.1 Å². The minimum Gasteiger partial charge on any atom is -0.504 e.